The minimum Gasteiger partial charge on any atom is -0.480 e. The van der Waals surface area contributed by atoms with Gasteiger partial charge in [-0.25, -0.2) is 0 Å². The zero-order chi connectivity index (χ0) is 18.9. The Morgan fingerprint density at radius 3 is 2.35 bits per heavy atom. The first-order valence-corrected chi connectivity index (χ1v) is 10.7. The summed E-state index contributed by atoms with van der Waals surface area (Å²) in [7, 11) is -5.19. The molecule has 26 heavy (non-hydrogen) atoms. The maximum Gasteiger partial charge on any atom is 0.451 e. The van der Waals surface area contributed by atoms with E-state index in [0.29, 0.717) is 24.7 Å². The number of fused-ring (bicyclic) bond motifs is 2. The van der Waals surface area contributed by atoms with Crippen molar-refractivity contribution in [2.45, 2.75) is 56.0 Å². The van der Waals surface area contributed by atoms with Crippen LogP contribution >= 0.6 is 0 Å². The van der Waals surface area contributed by atoms with Gasteiger partial charge in [0.2, 0.25) is 0 Å². The van der Waals surface area contributed by atoms with E-state index in [-0.39, 0.29) is 31.5 Å². The predicted molar refractivity (Wildman–Crippen MR) is 93.0 cm³/mol. The molecule has 0 aromatic carbocycles. The number of carboxylic acids is 1. The van der Waals surface area contributed by atoms with Gasteiger partial charge in [0.05, 0.1) is 0 Å². The molecule has 0 amide bonds. The van der Waals surface area contributed by atoms with Gasteiger partial charge in [-0.3, -0.25) is 4.79 Å². The number of aliphatic carboxylic acids is 1. The maximum absolute atomic E-state index is 13.2. The minimum absolute atomic E-state index is 0.0674. The molecule has 0 bridgehead atoms. The molecule has 0 aromatic heterocycles. The van der Waals surface area contributed by atoms with Crippen LogP contribution in [-0.2, 0) is 15.0 Å². The summed E-state index contributed by atoms with van der Waals surface area (Å²) in [6.07, 6.45) is 3.75. The number of carbonyl (C=O) groups is 1. The van der Waals surface area contributed by atoms with Crippen molar-refractivity contribution in [1.82, 2.24) is 8.61 Å². The third-order valence-corrected chi connectivity index (χ3v) is 8.63. The topological polar surface area (TPSA) is 144 Å². The molecule has 4 aliphatic rings. The van der Waals surface area contributed by atoms with Crippen LogP contribution in [0.5, 0.6) is 0 Å². The quantitative estimate of drug-likeness (QED) is 0.397. The van der Waals surface area contributed by atoms with Crippen molar-refractivity contribution in [1.29, 1.82) is 0 Å². The predicted octanol–water partition coefficient (Wildman–Crippen LogP) is -1.32. The van der Waals surface area contributed by atoms with E-state index in [1.54, 1.807) is 4.31 Å². The Labute approximate surface area is 153 Å². The molecule has 146 valence electrons. The first-order valence-electron chi connectivity index (χ1n) is 9.31. The molecule has 2 saturated heterocycles. The standard InChI is InChI=1S/C15H26BN3O6S/c17-15(14(20)21)8-18(7-11(15)2-1-3-16(22)23)26(24,25)19-12-5-9(12)4-10-6-13(10)19/h9-13,22-23H,1-8,17H2,(H,20,21)/t9-,10?,11+,12?,13-,15+/m1/s1. The molecule has 2 aliphatic heterocycles. The van der Waals surface area contributed by atoms with Crippen molar-refractivity contribution < 1.29 is 28.4 Å². The van der Waals surface area contributed by atoms with Crippen LogP contribution < -0.4 is 5.73 Å². The van der Waals surface area contributed by atoms with E-state index in [2.05, 4.69) is 0 Å². The zero-order valence-corrected chi connectivity index (χ0v) is 15.4. The summed E-state index contributed by atoms with van der Waals surface area (Å²) in [5.41, 5.74) is 4.48. The summed E-state index contributed by atoms with van der Waals surface area (Å²) in [5.74, 6) is -0.847. The molecule has 9 nitrogen and oxygen atoms in total. The van der Waals surface area contributed by atoms with Crippen LogP contribution in [0.4, 0.5) is 0 Å². The van der Waals surface area contributed by atoms with E-state index in [4.69, 9.17) is 15.8 Å². The van der Waals surface area contributed by atoms with E-state index in [1.807, 2.05) is 0 Å². The molecule has 2 unspecified atom stereocenters. The average molecular weight is 387 g/mol. The Kier molecular flexibility index (Phi) is 4.41. The minimum atomic E-state index is -3.73. The summed E-state index contributed by atoms with van der Waals surface area (Å²) >= 11 is 0. The second-order valence-corrected chi connectivity index (χ2v) is 10.3. The van der Waals surface area contributed by atoms with Crippen molar-refractivity contribution in [3.05, 3.63) is 0 Å². The van der Waals surface area contributed by atoms with Gasteiger partial charge in [0.25, 0.3) is 10.2 Å². The molecule has 5 N–H and O–H groups in total. The van der Waals surface area contributed by atoms with Crippen LogP contribution in [0.25, 0.3) is 0 Å². The van der Waals surface area contributed by atoms with Crippen molar-refractivity contribution in [2.24, 2.45) is 23.5 Å². The number of hydrogen-bond donors (Lipinski definition) is 4. The first-order chi connectivity index (χ1) is 12.1. The highest BCUT2D eigenvalue weighted by atomic mass is 32.2. The molecule has 0 spiro atoms. The van der Waals surface area contributed by atoms with Crippen LogP contribution in [-0.4, -0.2) is 76.0 Å². The van der Waals surface area contributed by atoms with Gasteiger partial charge in [0.15, 0.2) is 0 Å². The SMILES string of the molecule is N[C@@]1(C(=O)O)CN(S(=O)(=O)N2C3C[C@H]3CC3C[C@H]32)C[C@@H]1CCCB(O)O. The molecule has 2 aliphatic carbocycles. The van der Waals surface area contributed by atoms with Crippen LogP contribution in [0.15, 0.2) is 0 Å². The summed E-state index contributed by atoms with van der Waals surface area (Å²) in [5, 5.41) is 27.6. The van der Waals surface area contributed by atoms with E-state index < -0.39 is 34.8 Å². The van der Waals surface area contributed by atoms with E-state index >= 15 is 0 Å². The van der Waals surface area contributed by atoms with Gasteiger partial charge in [-0.05, 0) is 43.8 Å². The average Bonchev–Trinajstić information content (AvgIpc) is 3.43. The normalized spacial score (nSPS) is 42.2. The van der Waals surface area contributed by atoms with Gasteiger partial charge in [-0.1, -0.05) is 6.42 Å². The largest absolute Gasteiger partial charge is 0.480 e. The Morgan fingerprint density at radius 1 is 1.19 bits per heavy atom. The van der Waals surface area contributed by atoms with Crippen LogP contribution in [0.2, 0.25) is 6.32 Å². The molecule has 0 radical (unpaired) electrons. The van der Waals surface area contributed by atoms with E-state index in [1.165, 1.54) is 4.31 Å². The highest BCUT2D eigenvalue weighted by molar-refractivity contribution is 7.86. The van der Waals surface area contributed by atoms with Gasteiger partial charge in [0.1, 0.15) is 5.54 Å². The van der Waals surface area contributed by atoms with Crippen LogP contribution in [0.1, 0.15) is 32.1 Å². The third kappa shape index (κ3) is 2.98. The van der Waals surface area contributed by atoms with Gasteiger partial charge in [0, 0.05) is 31.1 Å². The first kappa shape index (κ1) is 18.6. The lowest BCUT2D eigenvalue weighted by Crippen LogP contribution is -2.56. The fraction of sp³-hybridized carbons (Fsp3) is 0.933. The van der Waals surface area contributed by atoms with Gasteiger partial charge >= 0.3 is 13.1 Å². The molecule has 6 atom stereocenters. The number of nitrogens with two attached hydrogens (primary N) is 1. The van der Waals surface area contributed by atoms with E-state index in [9.17, 15) is 18.3 Å². The van der Waals surface area contributed by atoms with E-state index in [0.717, 1.165) is 19.3 Å². The smallest absolute Gasteiger partial charge is 0.451 e. The Bertz CT molecular complexity index is 689. The number of piperidine rings is 1. The van der Waals surface area contributed by atoms with Crippen molar-refractivity contribution in [3.8, 4) is 0 Å². The fourth-order valence-corrected chi connectivity index (χ4v) is 7.12. The Balaban J connectivity index is 1.51. The second kappa shape index (κ2) is 6.15. The molecule has 0 aromatic rings. The molecule has 4 rings (SSSR count). The van der Waals surface area contributed by atoms with Gasteiger partial charge in [-0.2, -0.15) is 17.0 Å². The van der Waals surface area contributed by atoms with Gasteiger partial charge in [-0.15, -0.1) is 0 Å². The maximum atomic E-state index is 13.2. The summed E-state index contributed by atoms with van der Waals surface area (Å²) in [4.78, 5) is 11.8. The fourth-order valence-electron chi connectivity index (χ4n) is 4.91. The molecule has 4 fully saturated rings. The number of nitrogens with zero attached hydrogens (tertiary/aromatic N) is 2. The number of rotatable bonds is 7. The number of hydrogen-bond acceptors (Lipinski definition) is 6. The molecular formula is C15H26BN3O6S. The summed E-state index contributed by atoms with van der Waals surface area (Å²) < 4.78 is 29.3. The molecule has 11 heteroatoms. The highest BCUT2D eigenvalue weighted by Crippen LogP contribution is 2.58. The second-order valence-electron chi connectivity index (χ2n) is 8.45. The summed E-state index contributed by atoms with van der Waals surface area (Å²) in [6.45, 7) is -0.166. The molecule has 2 saturated carbocycles. The lowest BCUT2D eigenvalue weighted by Gasteiger charge is -2.30. The molecular weight excluding hydrogens is 361 g/mol. The molecule has 2 heterocycles. The number of carboxylic acid groups (broad SMARTS) is 1. The van der Waals surface area contributed by atoms with Crippen molar-refractivity contribution in [2.75, 3.05) is 13.1 Å². The lowest BCUT2D eigenvalue weighted by molar-refractivity contribution is -0.144. The van der Waals surface area contributed by atoms with Crippen molar-refractivity contribution >= 4 is 23.3 Å². The van der Waals surface area contributed by atoms with Crippen LogP contribution in [0, 0.1) is 17.8 Å². The highest BCUT2D eigenvalue weighted by Gasteiger charge is 2.64. The van der Waals surface area contributed by atoms with Crippen LogP contribution in [0.3, 0.4) is 0 Å². The Morgan fingerprint density at radius 2 is 1.81 bits per heavy atom. The van der Waals surface area contributed by atoms with Crippen molar-refractivity contribution in [3.63, 3.8) is 0 Å². The monoisotopic (exact) mass is 387 g/mol. The Hall–Kier alpha value is -0.715. The lowest BCUT2D eigenvalue weighted by atomic mass is 9.78. The zero-order valence-electron chi connectivity index (χ0n) is 14.6. The summed E-state index contributed by atoms with van der Waals surface area (Å²) in [6, 6.07) is 0.147. The van der Waals surface area contributed by atoms with Gasteiger partial charge < -0.3 is 20.9 Å². The third-order valence-electron chi connectivity index (χ3n) is 6.63.